The summed E-state index contributed by atoms with van der Waals surface area (Å²) < 4.78 is 28.9. The molecule has 0 aromatic heterocycles. The fourth-order valence-electron chi connectivity index (χ4n) is 1.34. The Balaban J connectivity index is 2.97. The maximum Gasteiger partial charge on any atom is 0.339 e. The molecule has 1 fully saturated rings. The summed E-state index contributed by atoms with van der Waals surface area (Å²) in [4.78, 5) is 0. The van der Waals surface area contributed by atoms with E-state index in [1.807, 2.05) is 13.8 Å². The zero-order valence-corrected chi connectivity index (χ0v) is 8.80. The molecular weight excluding hydrogens is 190 g/mol. The van der Waals surface area contributed by atoms with Gasteiger partial charge in [-0.05, 0) is 20.3 Å². The van der Waals surface area contributed by atoms with Crippen molar-refractivity contribution in [2.75, 3.05) is 13.2 Å². The molecule has 1 saturated heterocycles. The van der Waals surface area contributed by atoms with Crippen LogP contribution >= 0.6 is 0 Å². The van der Waals surface area contributed by atoms with Gasteiger partial charge in [-0.1, -0.05) is 6.08 Å². The van der Waals surface area contributed by atoms with Crippen LogP contribution in [0.15, 0.2) is 12.7 Å². The Hall–Kier alpha value is -0.390. The molecule has 0 unspecified atom stereocenters. The largest absolute Gasteiger partial charge is 0.339 e. The highest BCUT2D eigenvalue weighted by molar-refractivity contribution is 7.84. The van der Waals surface area contributed by atoms with Crippen LogP contribution in [0, 0.1) is 0 Å². The van der Waals surface area contributed by atoms with E-state index in [4.69, 9.17) is 4.18 Å². The number of hydrogen-bond donors (Lipinski definition) is 0. The third-order valence-electron chi connectivity index (χ3n) is 2.19. The van der Waals surface area contributed by atoms with E-state index in [-0.39, 0.29) is 12.1 Å². The lowest BCUT2D eigenvalue weighted by molar-refractivity contribution is 0.120. The molecule has 1 aliphatic heterocycles. The standard InChI is InChI=1S/C8H15NO3S/c1-4-6-9-8(2,3)5-7-12-13(9,10)11/h4H,1,5-7H2,2-3H3. The van der Waals surface area contributed by atoms with Crippen LogP contribution in [0.1, 0.15) is 20.3 Å². The van der Waals surface area contributed by atoms with Crippen LogP contribution < -0.4 is 0 Å². The average molecular weight is 205 g/mol. The van der Waals surface area contributed by atoms with Crippen LogP contribution in [0.4, 0.5) is 0 Å². The summed E-state index contributed by atoms with van der Waals surface area (Å²) in [7, 11) is -3.53. The molecule has 76 valence electrons. The minimum Gasteiger partial charge on any atom is -0.258 e. The second kappa shape index (κ2) is 3.40. The van der Waals surface area contributed by atoms with Crippen molar-refractivity contribution in [3.63, 3.8) is 0 Å². The van der Waals surface area contributed by atoms with Crippen molar-refractivity contribution in [2.24, 2.45) is 0 Å². The fourth-order valence-corrected chi connectivity index (χ4v) is 2.75. The van der Waals surface area contributed by atoms with Crippen molar-refractivity contribution >= 4 is 10.3 Å². The average Bonchev–Trinajstić information content (AvgIpc) is 1.96. The lowest BCUT2D eigenvalue weighted by atomic mass is 10.0. The molecule has 0 aromatic rings. The summed E-state index contributed by atoms with van der Waals surface area (Å²) in [5.74, 6) is 0. The molecule has 0 amide bonds. The monoisotopic (exact) mass is 205 g/mol. The highest BCUT2D eigenvalue weighted by Gasteiger charge is 2.39. The Morgan fingerprint density at radius 2 is 2.23 bits per heavy atom. The van der Waals surface area contributed by atoms with Crippen LogP contribution in [-0.2, 0) is 14.5 Å². The molecule has 0 radical (unpaired) electrons. The molecule has 0 spiro atoms. The summed E-state index contributed by atoms with van der Waals surface area (Å²) in [5, 5.41) is 0. The van der Waals surface area contributed by atoms with Gasteiger partial charge in [0.25, 0.3) is 0 Å². The predicted octanol–water partition coefficient (Wildman–Crippen LogP) is 0.918. The Morgan fingerprint density at radius 3 is 2.69 bits per heavy atom. The van der Waals surface area contributed by atoms with Crippen molar-refractivity contribution in [2.45, 2.75) is 25.8 Å². The maximum atomic E-state index is 11.4. The third kappa shape index (κ3) is 2.10. The molecule has 13 heavy (non-hydrogen) atoms. The molecule has 4 nitrogen and oxygen atoms in total. The molecular formula is C8H15NO3S. The van der Waals surface area contributed by atoms with E-state index in [0.717, 1.165) is 0 Å². The van der Waals surface area contributed by atoms with Gasteiger partial charge < -0.3 is 0 Å². The summed E-state index contributed by atoms with van der Waals surface area (Å²) >= 11 is 0. The van der Waals surface area contributed by atoms with E-state index in [1.165, 1.54) is 4.31 Å². The smallest absolute Gasteiger partial charge is 0.258 e. The summed E-state index contributed by atoms with van der Waals surface area (Å²) in [5.41, 5.74) is -0.370. The van der Waals surface area contributed by atoms with Gasteiger partial charge >= 0.3 is 10.3 Å². The zero-order chi connectivity index (χ0) is 10.1. The minimum absolute atomic E-state index is 0.267. The van der Waals surface area contributed by atoms with Crippen molar-refractivity contribution < 1.29 is 12.6 Å². The topological polar surface area (TPSA) is 46.6 Å². The van der Waals surface area contributed by atoms with Gasteiger partial charge in [0.1, 0.15) is 0 Å². The first-order valence-electron chi connectivity index (χ1n) is 4.18. The van der Waals surface area contributed by atoms with Gasteiger partial charge in [-0.3, -0.25) is 4.18 Å². The van der Waals surface area contributed by atoms with E-state index in [2.05, 4.69) is 6.58 Å². The fraction of sp³-hybridized carbons (Fsp3) is 0.750. The van der Waals surface area contributed by atoms with E-state index >= 15 is 0 Å². The van der Waals surface area contributed by atoms with Gasteiger partial charge in [0.2, 0.25) is 0 Å². The Bertz CT molecular complexity index is 295. The Morgan fingerprint density at radius 1 is 1.62 bits per heavy atom. The molecule has 0 aromatic carbocycles. The van der Waals surface area contributed by atoms with Crippen molar-refractivity contribution in [1.29, 1.82) is 0 Å². The first-order valence-corrected chi connectivity index (χ1v) is 5.55. The van der Waals surface area contributed by atoms with Crippen molar-refractivity contribution in [3.05, 3.63) is 12.7 Å². The van der Waals surface area contributed by atoms with E-state index in [9.17, 15) is 8.42 Å². The molecule has 0 saturated carbocycles. The second-order valence-corrected chi connectivity index (χ2v) is 5.19. The van der Waals surface area contributed by atoms with E-state index in [0.29, 0.717) is 13.0 Å². The van der Waals surface area contributed by atoms with Crippen LogP contribution in [0.3, 0.4) is 0 Å². The summed E-state index contributed by atoms with van der Waals surface area (Å²) in [6.45, 7) is 7.86. The molecule has 0 N–H and O–H groups in total. The molecule has 1 aliphatic rings. The zero-order valence-electron chi connectivity index (χ0n) is 7.99. The molecule has 1 rings (SSSR count). The van der Waals surface area contributed by atoms with Crippen LogP contribution in [0.2, 0.25) is 0 Å². The van der Waals surface area contributed by atoms with Gasteiger partial charge in [-0.25, -0.2) is 0 Å². The van der Waals surface area contributed by atoms with Gasteiger partial charge in [-0.15, -0.1) is 6.58 Å². The normalized spacial score (nSPS) is 26.9. The van der Waals surface area contributed by atoms with Gasteiger partial charge in [0, 0.05) is 12.1 Å². The SMILES string of the molecule is C=CCN1C(C)(C)CCOS1(=O)=O. The van der Waals surface area contributed by atoms with Gasteiger partial charge in [-0.2, -0.15) is 12.7 Å². The summed E-state index contributed by atoms with van der Waals surface area (Å²) in [6.07, 6.45) is 2.27. The van der Waals surface area contributed by atoms with E-state index < -0.39 is 10.3 Å². The number of nitrogens with zero attached hydrogens (tertiary/aromatic N) is 1. The van der Waals surface area contributed by atoms with Gasteiger partial charge in [0.05, 0.1) is 6.61 Å². The Labute approximate surface area is 79.4 Å². The predicted molar refractivity (Wildman–Crippen MR) is 50.5 cm³/mol. The van der Waals surface area contributed by atoms with Crippen LogP contribution in [0.5, 0.6) is 0 Å². The lowest BCUT2D eigenvalue weighted by Crippen LogP contribution is -2.52. The molecule has 0 atom stereocenters. The van der Waals surface area contributed by atoms with Gasteiger partial charge in [0.15, 0.2) is 0 Å². The van der Waals surface area contributed by atoms with Crippen LogP contribution in [-0.4, -0.2) is 31.4 Å². The molecule has 5 heteroatoms. The maximum absolute atomic E-state index is 11.4. The molecule has 0 aliphatic carbocycles. The summed E-state index contributed by atoms with van der Waals surface area (Å²) in [6, 6.07) is 0. The lowest BCUT2D eigenvalue weighted by Gasteiger charge is -2.39. The van der Waals surface area contributed by atoms with Crippen molar-refractivity contribution in [3.8, 4) is 0 Å². The minimum atomic E-state index is -3.53. The van der Waals surface area contributed by atoms with E-state index in [1.54, 1.807) is 6.08 Å². The Kier molecular flexibility index (Phi) is 2.79. The third-order valence-corrected chi connectivity index (χ3v) is 3.83. The van der Waals surface area contributed by atoms with Crippen LogP contribution in [0.25, 0.3) is 0 Å². The number of hydrogen-bond acceptors (Lipinski definition) is 3. The molecule has 1 heterocycles. The first-order chi connectivity index (χ1) is 5.90. The highest BCUT2D eigenvalue weighted by atomic mass is 32.2. The second-order valence-electron chi connectivity index (χ2n) is 3.66. The highest BCUT2D eigenvalue weighted by Crippen LogP contribution is 2.27. The quantitative estimate of drug-likeness (QED) is 0.630. The number of rotatable bonds is 2. The molecule has 0 bridgehead atoms. The first kappa shape index (κ1) is 10.7. The van der Waals surface area contributed by atoms with Crippen molar-refractivity contribution in [1.82, 2.24) is 4.31 Å².